The van der Waals surface area contributed by atoms with Crippen LogP contribution in [0.3, 0.4) is 0 Å². The Balaban J connectivity index is 2.25. The van der Waals surface area contributed by atoms with E-state index in [1.807, 2.05) is 18.7 Å². The maximum Gasteiger partial charge on any atom is 0.167 e. The third kappa shape index (κ3) is 3.77. The molecule has 0 bridgehead atoms. The van der Waals surface area contributed by atoms with Gasteiger partial charge in [0.05, 0.1) is 36.8 Å². The van der Waals surface area contributed by atoms with Crippen LogP contribution in [0.1, 0.15) is 20.3 Å². The number of halogens is 1. The monoisotopic (exact) mass is 298 g/mol. The van der Waals surface area contributed by atoms with Crippen LogP contribution in [0, 0.1) is 5.82 Å². The number of rotatable bonds is 5. The molecule has 1 aromatic carbocycles. The van der Waals surface area contributed by atoms with Gasteiger partial charge < -0.3 is 25.2 Å². The number of morpholine rings is 1. The zero-order chi connectivity index (χ0) is 15.4. The number of nitrogens with zero attached hydrogens (tertiary/aromatic N) is 1. The molecule has 1 aliphatic heterocycles. The molecule has 0 amide bonds. The quantitative estimate of drug-likeness (QED) is 0.811. The molecular formula is C15H23FN2O3. The number of nitrogens with two attached hydrogens (primary N) is 1. The summed E-state index contributed by atoms with van der Waals surface area (Å²) < 4.78 is 24.9. The van der Waals surface area contributed by atoms with Gasteiger partial charge in [-0.25, -0.2) is 4.39 Å². The Kier molecular flexibility index (Phi) is 5.25. The highest BCUT2D eigenvalue weighted by Gasteiger charge is 2.26. The highest BCUT2D eigenvalue weighted by Crippen LogP contribution is 2.33. The molecule has 1 aromatic rings. The molecule has 6 heteroatoms. The van der Waals surface area contributed by atoms with E-state index in [9.17, 15) is 9.50 Å². The van der Waals surface area contributed by atoms with Gasteiger partial charge in [0.1, 0.15) is 0 Å². The lowest BCUT2D eigenvalue weighted by molar-refractivity contribution is -0.0420. The molecule has 1 saturated heterocycles. The van der Waals surface area contributed by atoms with Crippen molar-refractivity contribution >= 4 is 11.4 Å². The summed E-state index contributed by atoms with van der Waals surface area (Å²) in [5, 5.41) is 9.29. The van der Waals surface area contributed by atoms with Crippen molar-refractivity contribution in [3.05, 3.63) is 17.9 Å². The Labute approximate surface area is 124 Å². The van der Waals surface area contributed by atoms with Crippen LogP contribution in [0.4, 0.5) is 15.8 Å². The number of hydrogen-bond donors (Lipinski definition) is 2. The first-order valence-corrected chi connectivity index (χ1v) is 7.28. The molecule has 1 heterocycles. The molecular weight excluding hydrogens is 275 g/mol. The van der Waals surface area contributed by atoms with Crippen LogP contribution in [0.2, 0.25) is 0 Å². The molecule has 0 aromatic heterocycles. The van der Waals surface area contributed by atoms with Crippen LogP contribution >= 0.6 is 0 Å². The SMILES string of the molecule is CCCOc1cc(N2CC(C)OC(CO)C2)c(N)cc1F. The molecule has 21 heavy (non-hydrogen) atoms. The lowest BCUT2D eigenvalue weighted by atomic mass is 10.1. The Morgan fingerprint density at radius 3 is 2.90 bits per heavy atom. The Morgan fingerprint density at radius 2 is 2.24 bits per heavy atom. The molecule has 0 spiro atoms. The summed E-state index contributed by atoms with van der Waals surface area (Å²) in [6.45, 7) is 5.46. The fourth-order valence-electron chi connectivity index (χ4n) is 2.50. The van der Waals surface area contributed by atoms with Crippen molar-refractivity contribution in [2.45, 2.75) is 32.5 Å². The summed E-state index contributed by atoms with van der Waals surface area (Å²) in [5.74, 6) is -0.245. The lowest BCUT2D eigenvalue weighted by Crippen LogP contribution is -2.48. The smallest absolute Gasteiger partial charge is 0.167 e. The Hall–Kier alpha value is -1.53. The second-order valence-electron chi connectivity index (χ2n) is 5.35. The van der Waals surface area contributed by atoms with Gasteiger partial charge in [-0.05, 0) is 13.3 Å². The lowest BCUT2D eigenvalue weighted by Gasteiger charge is -2.38. The maximum absolute atomic E-state index is 13.9. The fraction of sp³-hybridized carbons (Fsp3) is 0.600. The molecule has 1 fully saturated rings. The Morgan fingerprint density at radius 1 is 1.48 bits per heavy atom. The van der Waals surface area contributed by atoms with E-state index in [1.165, 1.54) is 6.07 Å². The second-order valence-corrected chi connectivity index (χ2v) is 5.35. The van der Waals surface area contributed by atoms with Gasteiger partial charge in [0.2, 0.25) is 0 Å². The van der Waals surface area contributed by atoms with Crippen LogP contribution in [0.15, 0.2) is 12.1 Å². The zero-order valence-corrected chi connectivity index (χ0v) is 12.5. The van der Waals surface area contributed by atoms with Gasteiger partial charge in [-0.3, -0.25) is 0 Å². The number of aliphatic hydroxyl groups is 1. The van der Waals surface area contributed by atoms with Crippen LogP contribution in [0.25, 0.3) is 0 Å². The van der Waals surface area contributed by atoms with E-state index < -0.39 is 5.82 Å². The van der Waals surface area contributed by atoms with Crippen molar-refractivity contribution in [1.82, 2.24) is 0 Å². The minimum absolute atomic E-state index is 0.0274. The van der Waals surface area contributed by atoms with E-state index in [-0.39, 0.29) is 24.6 Å². The van der Waals surface area contributed by atoms with Crippen LogP contribution < -0.4 is 15.4 Å². The number of hydrogen-bond acceptors (Lipinski definition) is 5. The molecule has 1 aliphatic rings. The fourth-order valence-corrected chi connectivity index (χ4v) is 2.50. The Bertz CT molecular complexity index is 484. The summed E-state index contributed by atoms with van der Waals surface area (Å²) >= 11 is 0. The zero-order valence-electron chi connectivity index (χ0n) is 12.5. The van der Waals surface area contributed by atoms with E-state index >= 15 is 0 Å². The number of aliphatic hydroxyl groups excluding tert-OH is 1. The number of benzene rings is 1. The topological polar surface area (TPSA) is 68.0 Å². The minimum Gasteiger partial charge on any atom is -0.490 e. The van der Waals surface area contributed by atoms with Crippen molar-refractivity contribution in [2.24, 2.45) is 0 Å². The van der Waals surface area contributed by atoms with Crippen molar-refractivity contribution in [1.29, 1.82) is 0 Å². The number of ether oxygens (including phenoxy) is 2. The van der Waals surface area contributed by atoms with Crippen molar-refractivity contribution in [3.63, 3.8) is 0 Å². The van der Waals surface area contributed by atoms with Crippen molar-refractivity contribution < 1.29 is 19.0 Å². The molecule has 0 saturated carbocycles. The van der Waals surface area contributed by atoms with E-state index in [0.29, 0.717) is 25.4 Å². The normalized spacial score (nSPS) is 22.4. The molecule has 2 unspecified atom stereocenters. The third-order valence-corrected chi connectivity index (χ3v) is 3.41. The molecule has 0 radical (unpaired) electrons. The van der Waals surface area contributed by atoms with Gasteiger partial charge in [0.25, 0.3) is 0 Å². The molecule has 2 atom stereocenters. The van der Waals surface area contributed by atoms with Crippen LogP contribution in [-0.2, 0) is 4.74 Å². The first kappa shape index (κ1) is 15.9. The minimum atomic E-state index is -0.454. The average molecular weight is 298 g/mol. The van der Waals surface area contributed by atoms with Crippen LogP contribution in [0.5, 0.6) is 5.75 Å². The number of anilines is 2. The van der Waals surface area contributed by atoms with Gasteiger partial charge in [-0.1, -0.05) is 6.92 Å². The van der Waals surface area contributed by atoms with E-state index in [0.717, 1.165) is 12.1 Å². The molecule has 0 aliphatic carbocycles. The van der Waals surface area contributed by atoms with E-state index in [4.69, 9.17) is 15.2 Å². The van der Waals surface area contributed by atoms with E-state index in [2.05, 4.69) is 0 Å². The summed E-state index contributed by atoms with van der Waals surface area (Å²) in [7, 11) is 0. The standard InChI is InChI=1S/C15H23FN2O3/c1-3-4-20-15-6-14(13(17)5-12(15)16)18-7-10(2)21-11(8-18)9-19/h5-6,10-11,19H,3-4,7-9,17H2,1-2H3. The summed E-state index contributed by atoms with van der Waals surface area (Å²) in [5.41, 5.74) is 7.02. The average Bonchev–Trinajstić information content (AvgIpc) is 2.45. The molecule has 5 nitrogen and oxygen atoms in total. The predicted octanol–water partition coefficient (Wildman–Crippen LogP) is 1.78. The van der Waals surface area contributed by atoms with Crippen molar-refractivity contribution in [2.75, 3.05) is 36.9 Å². The second kappa shape index (κ2) is 6.95. The van der Waals surface area contributed by atoms with E-state index in [1.54, 1.807) is 6.07 Å². The highest BCUT2D eigenvalue weighted by molar-refractivity contribution is 5.70. The maximum atomic E-state index is 13.9. The predicted molar refractivity (Wildman–Crippen MR) is 80.2 cm³/mol. The van der Waals surface area contributed by atoms with Gasteiger partial charge in [-0.15, -0.1) is 0 Å². The third-order valence-electron chi connectivity index (χ3n) is 3.41. The van der Waals surface area contributed by atoms with Crippen molar-refractivity contribution in [3.8, 4) is 5.75 Å². The molecule has 3 N–H and O–H groups in total. The highest BCUT2D eigenvalue weighted by atomic mass is 19.1. The molecule has 2 rings (SSSR count). The summed E-state index contributed by atoms with van der Waals surface area (Å²) in [4.78, 5) is 2.00. The van der Waals surface area contributed by atoms with Gasteiger partial charge in [0.15, 0.2) is 11.6 Å². The van der Waals surface area contributed by atoms with Gasteiger partial charge in [0, 0.05) is 25.2 Å². The molecule has 118 valence electrons. The first-order chi connectivity index (χ1) is 10.0. The first-order valence-electron chi connectivity index (χ1n) is 7.28. The van der Waals surface area contributed by atoms with Gasteiger partial charge >= 0.3 is 0 Å². The number of nitrogen functional groups attached to an aromatic ring is 1. The largest absolute Gasteiger partial charge is 0.490 e. The van der Waals surface area contributed by atoms with Gasteiger partial charge in [-0.2, -0.15) is 0 Å². The summed E-state index contributed by atoms with van der Waals surface area (Å²) in [6.07, 6.45) is 0.513. The summed E-state index contributed by atoms with van der Waals surface area (Å²) in [6, 6.07) is 2.92. The van der Waals surface area contributed by atoms with Crippen LogP contribution in [-0.4, -0.2) is 43.6 Å².